The van der Waals surface area contributed by atoms with Crippen LogP contribution in [0.25, 0.3) is 0 Å². The predicted molar refractivity (Wildman–Crippen MR) is 54.5 cm³/mol. The molecule has 1 aliphatic carbocycles. The first kappa shape index (κ1) is 11.6. The maximum absolute atomic E-state index is 11.3. The summed E-state index contributed by atoms with van der Waals surface area (Å²) in [4.78, 5) is 11.3. The summed E-state index contributed by atoms with van der Waals surface area (Å²) in [6.07, 6.45) is 2.95. The third-order valence-electron chi connectivity index (χ3n) is 2.77. The standard InChI is InChI=1S/C9H16NO3P/c1-13-9(12)8(10-14)6-2-4-7(11)5-3-6/h6-8,11,14H,2-5H2,1H3. The van der Waals surface area contributed by atoms with Crippen LogP contribution < -0.4 is 0 Å². The number of esters is 1. The van der Waals surface area contributed by atoms with Gasteiger partial charge in [-0.3, -0.25) is 4.74 Å². The Labute approximate surface area is 86.0 Å². The minimum Gasteiger partial charge on any atom is -0.467 e. The zero-order valence-corrected chi connectivity index (χ0v) is 9.27. The summed E-state index contributed by atoms with van der Waals surface area (Å²) in [5.74, 6) is -0.107. The van der Waals surface area contributed by atoms with Crippen molar-refractivity contribution in [1.29, 1.82) is 0 Å². The highest BCUT2D eigenvalue weighted by Crippen LogP contribution is 2.29. The smallest absolute Gasteiger partial charge is 0.331 e. The quantitative estimate of drug-likeness (QED) is 0.574. The number of carbonyl (C=O) groups is 1. The monoisotopic (exact) mass is 217 g/mol. The minimum atomic E-state index is -0.427. The van der Waals surface area contributed by atoms with Crippen LogP contribution in [0.1, 0.15) is 25.7 Å². The van der Waals surface area contributed by atoms with Gasteiger partial charge in [0, 0.05) is 0 Å². The van der Waals surface area contributed by atoms with Gasteiger partial charge in [-0.2, -0.15) is 0 Å². The number of methoxy groups -OCH3 is 1. The Morgan fingerprint density at radius 1 is 1.50 bits per heavy atom. The van der Waals surface area contributed by atoms with Crippen LogP contribution >= 0.6 is 9.03 Å². The van der Waals surface area contributed by atoms with Crippen molar-refractivity contribution in [3.8, 4) is 0 Å². The number of hydrogen-bond donors (Lipinski definition) is 1. The molecule has 0 aromatic rings. The van der Waals surface area contributed by atoms with Gasteiger partial charge in [-0.1, -0.05) is 0 Å². The number of nitrogens with zero attached hydrogens (tertiary/aromatic N) is 1. The van der Waals surface area contributed by atoms with Gasteiger partial charge in [0.1, 0.15) is 0 Å². The van der Waals surface area contributed by atoms with E-state index in [1.54, 1.807) is 0 Å². The number of hydrogen-bond acceptors (Lipinski definition) is 4. The van der Waals surface area contributed by atoms with Crippen LogP contribution in [0.3, 0.4) is 0 Å². The van der Waals surface area contributed by atoms with Crippen LogP contribution in [-0.4, -0.2) is 30.3 Å². The molecular formula is C9H16NO3P. The van der Waals surface area contributed by atoms with Gasteiger partial charge < -0.3 is 9.84 Å². The van der Waals surface area contributed by atoms with E-state index in [9.17, 15) is 9.90 Å². The average Bonchev–Trinajstić information content (AvgIpc) is 2.21. The molecule has 5 heteroatoms. The van der Waals surface area contributed by atoms with Gasteiger partial charge in [0.05, 0.1) is 13.2 Å². The highest BCUT2D eigenvalue weighted by Gasteiger charge is 2.31. The molecule has 0 spiro atoms. The van der Waals surface area contributed by atoms with Crippen LogP contribution in [0.2, 0.25) is 0 Å². The topological polar surface area (TPSA) is 58.9 Å². The van der Waals surface area contributed by atoms with Crippen LogP contribution in [0.4, 0.5) is 0 Å². The fraction of sp³-hybridized carbons (Fsp3) is 0.889. The molecular weight excluding hydrogens is 201 g/mol. The van der Waals surface area contributed by atoms with Crippen molar-refractivity contribution in [2.24, 2.45) is 10.7 Å². The lowest BCUT2D eigenvalue weighted by Gasteiger charge is -2.28. The molecule has 0 saturated heterocycles. The Hall–Kier alpha value is -0.470. The van der Waals surface area contributed by atoms with E-state index in [-0.39, 0.29) is 18.0 Å². The molecule has 0 bridgehead atoms. The number of rotatable bonds is 3. The summed E-state index contributed by atoms with van der Waals surface area (Å²) in [5.41, 5.74) is 0. The second kappa shape index (κ2) is 5.42. The Kier molecular flexibility index (Phi) is 4.49. The zero-order chi connectivity index (χ0) is 10.6. The molecule has 14 heavy (non-hydrogen) atoms. The SMILES string of the molecule is COC(=O)C(N=P)C1CCC(O)CC1. The fourth-order valence-electron chi connectivity index (χ4n) is 1.89. The van der Waals surface area contributed by atoms with E-state index in [1.165, 1.54) is 7.11 Å². The molecule has 4 nitrogen and oxygen atoms in total. The van der Waals surface area contributed by atoms with Crippen molar-refractivity contribution in [1.82, 2.24) is 0 Å². The van der Waals surface area contributed by atoms with E-state index in [0.29, 0.717) is 0 Å². The molecule has 1 saturated carbocycles. The first-order valence-electron chi connectivity index (χ1n) is 4.81. The number of ether oxygens (including phenoxy) is 1. The largest absolute Gasteiger partial charge is 0.467 e. The second-order valence-electron chi connectivity index (χ2n) is 3.67. The molecule has 0 heterocycles. The van der Waals surface area contributed by atoms with E-state index < -0.39 is 6.04 Å². The first-order chi connectivity index (χ1) is 6.69. The molecule has 0 aromatic heterocycles. The summed E-state index contributed by atoms with van der Waals surface area (Å²) in [6, 6.07) is -0.427. The third-order valence-corrected chi connectivity index (χ3v) is 3.05. The lowest BCUT2D eigenvalue weighted by molar-refractivity contribution is -0.143. The summed E-state index contributed by atoms with van der Waals surface area (Å²) < 4.78 is 8.51. The average molecular weight is 217 g/mol. The molecule has 1 N–H and O–H groups in total. The van der Waals surface area contributed by atoms with Crippen molar-refractivity contribution >= 4 is 15.0 Å². The lowest BCUT2D eigenvalue weighted by atomic mass is 9.83. The third kappa shape index (κ3) is 2.76. The molecule has 1 fully saturated rings. The second-order valence-corrected chi connectivity index (χ2v) is 3.92. The number of aliphatic hydroxyl groups excluding tert-OH is 1. The molecule has 1 rings (SSSR count). The van der Waals surface area contributed by atoms with Crippen molar-refractivity contribution in [3.63, 3.8) is 0 Å². The zero-order valence-electron chi connectivity index (χ0n) is 8.27. The van der Waals surface area contributed by atoms with E-state index in [1.807, 2.05) is 0 Å². The molecule has 0 aromatic carbocycles. The molecule has 1 atom stereocenters. The van der Waals surface area contributed by atoms with E-state index in [2.05, 4.69) is 18.5 Å². The normalized spacial score (nSPS) is 29.3. The van der Waals surface area contributed by atoms with E-state index in [0.717, 1.165) is 25.7 Å². The number of carbonyl (C=O) groups excluding carboxylic acids is 1. The van der Waals surface area contributed by atoms with Crippen LogP contribution in [0.15, 0.2) is 4.74 Å². The van der Waals surface area contributed by atoms with Gasteiger partial charge in [-0.05, 0) is 40.6 Å². The van der Waals surface area contributed by atoms with Crippen LogP contribution in [-0.2, 0) is 9.53 Å². The molecule has 0 aliphatic heterocycles. The Morgan fingerprint density at radius 2 is 2.07 bits per heavy atom. The van der Waals surface area contributed by atoms with Crippen molar-refractivity contribution < 1.29 is 14.6 Å². The Bertz CT molecular complexity index is 214. The van der Waals surface area contributed by atoms with E-state index >= 15 is 0 Å². The van der Waals surface area contributed by atoms with Gasteiger partial charge in [0.15, 0.2) is 6.04 Å². The Balaban J connectivity index is 2.53. The molecule has 0 radical (unpaired) electrons. The predicted octanol–water partition coefficient (Wildman–Crippen LogP) is 1.41. The van der Waals surface area contributed by atoms with Gasteiger partial charge in [-0.15, -0.1) is 0 Å². The van der Waals surface area contributed by atoms with Gasteiger partial charge >= 0.3 is 5.97 Å². The highest BCUT2D eigenvalue weighted by molar-refractivity contribution is 7.04. The van der Waals surface area contributed by atoms with Crippen molar-refractivity contribution in [2.75, 3.05) is 7.11 Å². The van der Waals surface area contributed by atoms with Crippen LogP contribution in [0.5, 0.6) is 0 Å². The Morgan fingerprint density at radius 3 is 2.50 bits per heavy atom. The maximum atomic E-state index is 11.3. The van der Waals surface area contributed by atoms with Gasteiger partial charge in [0.2, 0.25) is 0 Å². The summed E-state index contributed by atoms with van der Waals surface area (Å²) in [5, 5.41) is 9.32. The minimum absolute atomic E-state index is 0.198. The highest BCUT2D eigenvalue weighted by atomic mass is 31.0. The van der Waals surface area contributed by atoms with Gasteiger partial charge in [0.25, 0.3) is 0 Å². The summed E-state index contributed by atoms with van der Waals surface area (Å²) >= 11 is 0. The van der Waals surface area contributed by atoms with Crippen molar-refractivity contribution in [2.45, 2.75) is 37.8 Å². The fourth-order valence-corrected chi connectivity index (χ4v) is 2.20. The van der Waals surface area contributed by atoms with Crippen molar-refractivity contribution in [3.05, 3.63) is 0 Å². The maximum Gasteiger partial charge on any atom is 0.331 e. The van der Waals surface area contributed by atoms with Gasteiger partial charge in [-0.25, -0.2) is 4.79 Å². The molecule has 80 valence electrons. The molecule has 0 amide bonds. The summed E-state index contributed by atoms with van der Waals surface area (Å²) in [7, 11) is 4.38. The number of aliphatic hydroxyl groups is 1. The lowest BCUT2D eigenvalue weighted by Crippen LogP contribution is -2.32. The van der Waals surface area contributed by atoms with Crippen LogP contribution in [0, 0.1) is 5.92 Å². The van der Waals surface area contributed by atoms with E-state index in [4.69, 9.17) is 0 Å². The molecule has 1 aliphatic rings. The molecule has 1 unspecified atom stereocenters. The first-order valence-corrected chi connectivity index (χ1v) is 5.26. The summed E-state index contributed by atoms with van der Waals surface area (Å²) in [6.45, 7) is 0.